The zero-order valence-electron chi connectivity index (χ0n) is 23.5. The van der Waals surface area contributed by atoms with Crippen LogP contribution >= 0.6 is 0 Å². The van der Waals surface area contributed by atoms with Crippen LogP contribution in [0, 0.1) is 0 Å². The van der Waals surface area contributed by atoms with Gasteiger partial charge >= 0.3 is 11.9 Å². The van der Waals surface area contributed by atoms with Crippen molar-refractivity contribution in [2.45, 2.75) is 26.1 Å². The molecular formula is C32H34O10. The average molecular weight is 579 g/mol. The molecule has 0 spiro atoms. The van der Waals surface area contributed by atoms with E-state index >= 15 is 0 Å². The molecule has 0 fully saturated rings. The van der Waals surface area contributed by atoms with Crippen molar-refractivity contribution in [1.82, 2.24) is 0 Å². The van der Waals surface area contributed by atoms with Crippen LogP contribution in [0.4, 0.5) is 0 Å². The Bertz CT molecular complexity index is 1230. The van der Waals surface area contributed by atoms with Crippen LogP contribution in [0.5, 0.6) is 34.5 Å². The fourth-order valence-electron chi connectivity index (χ4n) is 3.13. The van der Waals surface area contributed by atoms with Crippen LogP contribution in [-0.2, 0) is 19.1 Å². The van der Waals surface area contributed by atoms with Gasteiger partial charge in [0.1, 0.15) is 73.1 Å². The number of hydrogen-bond acceptors (Lipinski definition) is 10. The number of hydrogen-bond donors (Lipinski definition) is 2. The first-order valence-electron chi connectivity index (χ1n) is 13.0. The monoisotopic (exact) mass is 578 g/mol. The highest BCUT2D eigenvalue weighted by Gasteiger charge is 2.12. The van der Waals surface area contributed by atoms with Crippen LogP contribution in [-0.4, -0.2) is 60.8 Å². The summed E-state index contributed by atoms with van der Waals surface area (Å²) in [5.74, 6) is 2.28. The van der Waals surface area contributed by atoms with Gasteiger partial charge in [-0.3, -0.25) is 0 Å². The molecule has 0 saturated carbocycles. The molecule has 0 aliphatic heterocycles. The summed E-state index contributed by atoms with van der Waals surface area (Å²) in [6, 6.07) is 20.8. The van der Waals surface area contributed by atoms with Gasteiger partial charge in [-0.15, -0.1) is 0 Å². The summed E-state index contributed by atoms with van der Waals surface area (Å²) < 4.78 is 32.6. The van der Waals surface area contributed by atoms with Gasteiger partial charge in [0.25, 0.3) is 0 Å². The highest BCUT2D eigenvalue weighted by molar-refractivity contribution is 5.87. The quantitative estimate of drug-likeness (QED) is 0.177. The van der Waals surface area contributed by atoms with Crippen LogP contribution in [0.25, 0.3) is 0 Å². The van der Waals surface area contributed by atoms with Crippen molar-refractivity contribution in [3.05, 3.63) is 97.1 Å². The molecule has 0 aromatic heterocycles. The van der Waals surface area contributed by atoms with Gasteiger partial charge in [0, 0.05) is 11.1 Å². The minimum atomic E-state index is -0.971. The molecule has 3 aromatic carbocycles. The summed E-state index contributed by atoms with van der Waals surface area (Å²) in [6.07, 6.45) is -1.94. The van der Waals surface area contributed by atoms with E-state index in [2.05, 4.69) is 13.2 Å². The minimum absolute atomic E-state index is 0.0429. The first kappa shape index (κ1) is 31.7. The smallest absolute Gasteiger partial charge is 0.333 e. The number of ether oxygens (including phenoxy) is 6. The largest absolute Gasteiger partial charge is 0.491 e. The molecule has 0 aliphatic carbocycles. The van der Waals surface area contributed by atoms with Gasteiger partial charge < -0.3 is 38.6 Å². The van der Waals surface area contributed by atoms with E-state index in [1.54, 1.807) is 72.8 Å². The van der Waals surface area contributed by atoms with E-state index in [9.17, 15) is 19.8 Å². The number of benzene rings is 3. The normalized spacial score (nSPS) is 11.9. The lowest BCUT2D eigenvalue weighted by atomic mass is 10.3. The summed E-state index contributed by atoms with van der Waals surface area (Å²) in [5, 5.41) is 19.8. The average Bonchev–Trinajstić information content (AvgIpc) is 2.98. The standard InChI is InChI=1S/C32H34O10/c1-21(2)31(35)39-19-23(33)17-37-25-5-9-27(10-6-25)41-29-13-15-30(16-14-29)42-28-11-7-26(8-12-28)38-18-24(34)20-40-32(36)22(3)4/h5-16,23-24,33-34H,1,3,17-20H2,2,4H3. The predicted molar refractivity (Wildman–Crippen MR) is 154 cm³/mol. The van der Waals surface area contributed by atoms with Gasteiger partial charge in [-0.2, -0.15) is 0 Å². The van der Waals surface area contributed by atoms with Gasteiger partial charge in [0.05, 0.1) is 0 Å². The van der Waals surface area contributed by atoms with E-state index in [0.29, 0.717) is 34.5 Å². The molecule has 0 aliphatic rings. The van der Waals surface area contributed by atoms with Gasteiger partial charge in [-0.1, -0.05) is 13.2 Å². The Kier molecular flexibility index (Phi) is 12.0. The lowest BCUT2D eigenvalue weighted by Crippen LogP contribution is -2.25. The number of aliphatic hydroxyl groups is 2. The summed E-state index contributed by atoms with van der Waals surface area (Å²) in [6.45, 7) is 9.57. The molecule has 42 heavy (non-hydrogen) atoms. The van der Waals surface area contributed by atoms with E-state index in [0.717, 1.165) is 0 Å². The molecule has 2 atom stereocenters. The van der Waals surface area contributed by atoms with Crippen molar-refractivity contribution in [1.29, 1.82) is 0 Å². The lowest BCUT2D eigenvalue weighted by molar-refractivity contribution is -0.143. The molecule has 0 radical (unpaired) electrons. The Morgan fingerprint density at radius 2 is 0.810 bits per heavy atom. The van der Waals surface area contributed by atoms with Crippen molar-refractivity contribution in [2.24, 2.45) is 0 Å². The number of carbonyl (C=O) groups is 2. The molecule has 2 unspecified atom stereocenters. The van der Waals surface area contributed by atoms with E-state index in [1.165, 1.54) is 13.8 Å². The Morgan fingerprint density at radius 1 is 0.548 bits per heavy atom. The maximum Gasteiger partial charge on any atom is 0.333 e. The number of esters is 2. The first-order valence-corrected chi connectivity index (χ1v) is 13.0. The Morgan fingerprint density at radius 3 is 1.07 bits per heavy atom. The van der Waals surface area contributed by atoms with Gasteiger partial charge in [0.15, 0.2) is 0 Å². The molecule has 0 bridgehead atoms. The van der Waals surface area contributed by atoms with Crippen LogP contribution in [0.1, 0.15) is 13.8 Å². The van der Waals surface area contributed by atoms with E-state index < -0.39 is 24.1 Å². The van der Waals surface area contributed by atoms with Crippen LogP contribution < -0.4 is 18.9 Å². The van der Waals surface area contributed by atoms with Crippen molar-refractivity contribution in [3.8, 4) is 34.5 Å². The van der Waals surface area contributed by atoms with Crippen molar-refractivity contribution >= 4 is 11.9 Å². The fourth-order valence-corrected chi connectivity index (χ4v) is 3.13. The molecule has 0 amide bonds. The highest BCUT2D eigenvalue weighted by atomic mass is 16.6. The van der Waals surface area contributed by atoms with E-state index in [4.69, 9.17) is 28.4 Å². The maximum atomic E-state index is 11.4. The summed E-state index contributed by atoms with van der Waals surface area (Å²) >= 11 is 0. The van der Waals surface area contributed by atoms with Crippen LogP contribution in [0.15, 0.2) is 97.1 Å². The number of carbonyl (C=O) groups excluding carboxylic acids is 2. The zero-order chi connectivity index (χ0) is 30.5. The van der Waals surface area contributed by atoms with Crippen LogP contribution in [0.2, 0.25) is 0 Å². The lowest BCUT2D eigenvalue weighted by Gasteiger charge is -2.13. The Balaban J connectivity index is 1.40. The first-order chi connectivity index (χ1) is 20.1. The second-order valence-corrected chi connectivity index (χ2v) is 9.31. The van der Waals surface area contributed by atoms with Gasteiger partial charge in [-0.05, 0) is 86.6 Å². The third-order valence-corrected chi connectivity index (χ3v) is 5.34. The van der Waals surface area contributed by atoms with Crippen LogP contribution in [0.3, 0.4) is 0 Å². The number of rotatable bonds is 16. The Labute approximate surface area is 244 Å². The zero-order valence-corrected chi connectivity index (χ0v) is 23.5. The number of aliphatic hydroxyl groups excluding tert-OH is 2. The maximum absolute atomic E-state index is 11.4. The third-order valence-electron chi connectivity index (χ3n) is 5.34. The summed E-state index contributed by atoms with van der Waals surface area (Å²) in [7, 11) is 0. The van der Waals surface area contributed by atoms with E-state index in [-0.39, 0.29) is 37.6 Å². The molecule has 0 saturated heterocycles. The highest BCUT2D eigenvalue weighted by Crippen LogP contribution is 2.28. The van der Waals surface area contributed by atoms with Gasteiger partial charge in [-0.25, -0.2) is 9.59 Å². The summed E-state index contributed by atoms with van der Waals surface area (Å²) in [4.78, 5) is 22.8. The van der Waals surface area contributed by atoms with E-state index in [1.807, 2.05) is 0 Å². The second kappa shape index (κ2) is 15.8. The van der Waals surface area contributed by atoms with Crippen molar-refractivity contribution in [2.75, 3.05) is 26.4 Å². The molecule has 10 heteroatoms. The molecule has 3 aromatic rings. The molecule has 10 nitrogen and oxygen atoms in total. The fraction of sp³-hybridized carbons (Fsp3) is 0.250. The summed E-state index contributed by atoms with van der Waals surface area (Å²) in [5.41, 5.74) is 0.519. The van der Waals surface area contributed by atoms with Gasteiger partial charge in [0.2, 0.25) is 0 Å². The molecule has 0 heterocycles. The van der Waals surface area contributed by atoms with Crippen molar-refractivity contribution < 1.29 is 48.2 Å². The van der Waals surface area contributed by atoms with Crippen molar-refractivity contribution in [3.63, 3.8) is 0 Å². The second-order valence-electron chi connectivity index (χ2n) is 9.31. The predicted octanol–water partition coefficient (Wildman–Crippen LogP) is 4.99. The molecule has 3 rings (SSSR count). The third kappa shape index (κ3) is 11.0. The minimum Gasteiger partial charge on any atom is -0.491 e. The molecule has 222 valence electrons. The topological polar surface area (TPSA) is 130 Å². The Hall–Kier alpha value is -4.80. The molecule has 2 N–H and O–H groups in total. The SMILES string of the molecule is C=C(C)C(=O)OCC(O)COc1ccc(Oc2ccc(Oc3ccc(OCC(O)COC(=O)C(=C)C)cc3)cc2)cc1. The molecular weight excluding hydrogens is 544 g/mol.